The van der Waals surface area contributed by atoms with Gasteiger partial charge in [0.25, 0.3) is 0 Å². The van der Waals surface area contributed by atoms with Gasteiger partial charge in [-0.2, -0.15) is 43.2 Å². The number of nitrogens with one attached hydrogen (secondary N) is 2. The Morgan fingerprint density at radius 1 is 0.402 bits per heavy atom. The van der Waals surface area contributed by atoms with Crippen LogP contribution in [0.15, 0.2) is 48.5 Å². The maximum Gasteiger partial charge on any atom is 0.516 e. The van der Waals surface area contributed by atoms with Gasteiger partial charge in [-0.05, 0) is 114 Å². The highest BCUT2D eigenvalue weighted by atomic mass is 32.2. The van der Waals surface area contributed by atoms with Crippen molar-refractivity contribution in [3.05, 3.63) is 115 Å². The molecule has 0 fully saturated rings. The average molecular weight is 1270 g/mol. The van der Waals surface area contributed by atoms with Crippen LogP contribution in [0.1, 0.15) is 188 Å². The second-order valence-electron chi connectivity index (χ2n) is 26.3. The summed E-state index contributed by atoms with van der Waals surface area (Å²) in [4.78, 5) is 25.2. The molecule has 23 heteroatoms. The van der Waals surface area contributed by atoms with Gasteiger partial charge in [0.1, 0.15) is 36.2 Å². The number of amides is 2. The minimum atomic E-state index is -5.92. The summed E-state index contributed by atoms with van der Waals surface area (Å²) in [5.74, 6) is -0.416. The molecule has 1 heterocycles. The minimum absolute atomic E-state index is 0.0301. The summed E-state index contributed by atoms with van der Waals surface area (Å²) in [6, 6.07) is 17.0. The molecule has 2 N–H and O–H groups in total. The summed E-state index contributed by atoms with van der Waals surface area (Å²) in [5.41, 5.74) is -2.72. The van der Waals surface area contributed by atoms with E-state index in [1.807, 2.05) is 0 Å². The molecule has 0 aromatic heterocycles. The molecule has 6 rings (SSSR count). The van der Waals surface area contributed by atoms with Gasteiger partial charge in [-0.25, -0.2) is 9.44 Å². The molecule has 1 aliphatic carbocycles. The van der Waals surface area contributed by atoms with Crippen molar-refractivity contribution in [3.8, 4) is 23.0 Å². The van der Waals surface area contributed by atoms with Crippen molar-refractivity contribution in [2.24, 2.45) is 0 Å². The van der Waals surface area contributed by atoms with Crippen molar-refractivity contribution >= 4 is 31.9 Å². The molecule has 4 aromatic carbocycles. The van der Waals surface area contributed by atoms with Crippen LogP contribution in [-0.4, -0.2) is 106 Å². The lowest BCUT2D eigenvalue weighted by molar-refractivity contribution is -0.120. The lowest BCUT2D eigenvalue weighted by Crippen LogP contribution is -2.40. The molecular formula is C64H86F6N2O13S2. The summed E-state index contributed by atoms with van der Waals surface area (Å²) in [6.07, 6.45) is 0.159. The van der Waals surface area contributed by atoms with Crippen LogP contribution in [0.4, 0.5) is 26.3 Å². The predicted molar refractivity (Wildman–Crippen MR) is 320 cm³/mol. The van der Waals surface area contributed by atoms with Gasteiger partial charge in [0.2, 0.25) is 11.8 Å². The van der Waals surface area contributed by atoms with Gasteiger partial charge in [-0.3, -0.25) is 9.59 Å². The molecule has 0 saturated carbocycles. The number of alkyl halides is 6. The van der Waals surface area contributed by atoms with Gasteiger partial charge in [-0.15, -0.1) is 0 Å². The summed E-state index contributed by atoms with van der Waals surface area (Å²) in [5, 5.41) is 0. The second-order valence-corrected chi connectivity index (χ2v) is 29.6. The normalized spacial score (nSPS) is 15.6. The van der Waals surface area contributed by atoms with E-state index < -0.39 is 66.5 Å². The number of rotatable bonds is 14. The Bertz CT molecular complexity index is 3090. The Hall–Kier alpha value is -5.62. The molecule has 484 valence electrons. The first-order chi connectivity index (χ1) is 40.2. The monoisotopic (exact) mass is 1270 g/mol. The first-order valence-corrected chi connectivity index (χ1v) is 32.3. The molecule has 15 nitrogen and oxygen atoms in total. The van der Waals surface area contributed by atoms with Crippen LogP contribution < -0.4 is 28.4 Å². The number of sulfonamides is 2. The lowest BCUT2D eigenvalue weighted by Gasteiger charge is -2.29. The smallest absolute Gasteiger partial charge is 0.493 e. The van der Waals surface area contributed by atoms with E-state index >= 15 is 0 Å². The predicted octanol–water partition coefficient (Wildman–Crippen LogP) is 12.4. The van der Waals surface area contributed by atoms with E-state index in [9.17, 15) is 52.8 Å². The van der Waals surface area contributed by atoms with Crippen LogP contribution >= 0.6 is 0 Å². The minimum Gasteiger partial charge on any atom is -0.493 e. The third kappa shape index (κ3) is 19.7. The molecule has 87 heavy (non-hydrogen) atoms. The van der Waals surface area contributed by atoms with Gasteiger partial charge in [-0.1, -0.05) is 132 Å². The number of hydrogen-bond donors (Lipinski definition) is 2. The van der Waals surface area contributed by atoms with Crippen LogP contribution in [0, 0.1) is 0 Å². The third-order valence-electron chi connectivity index (χ3n) is 14.8. The Labute approximate surface area is 509 Å². The first kappa shape index (κ1) is 70.5. The van der Waals surface area contributed by atoms with Crippen molar-refractivity contribution in [2.45, 2.75) is 180 Å². The maximum absolute atomic E-state index is 13.2. The number of fused-ring (bicyclic) bond motifs is 4. The number of ether oxygens (including phenoxy) is 7. The van der Waals surface area contributed by atoms with Gasteiger partial charge >= 0.3 is 31.1 Å². The second kappa shape index (κ2) is 28.5. The van der Waals surface area contributed by atoms with Gasteiger partial charge in [0, 0.05) is 38.5 Å². The van der Waals surface area contributed by atoms with E-state index in [1.165, 1.54) is 0 Å². The SMILES string of the molecule is CC(C)(C)c1cc2c(OCCCCC(=O)NS(=O)(=O)C(F)(F)F)c(c1)Cc1cc(C(C)(C)C)cc3c1OCCOCCOCCOCCOc1c(cc(C(C)(C)C)cc1C3)Cc1cc(C(C)(C)C)cc(c1OCCCCC(=O)NS(=O)(=O)C(F)(F)F)C2. The highest BCUT2D eigenvalue weighted by molar-refractivity contribution is 7.91. The molecule has 10 bridgehead atoms. The molecule has 4 aromatic rings. The molecule has 0 spiro atoms. The fourth-order valence-corrected chi connectivity index (χ4v) is 11.0. The summed E-state index contributed by atoms with van der Waals surface area (Å²) in [6.45, 7) is 27.5. The molecule has 0 saturated heterocycles. The largest absolute Gasteiger partial charge is 0.516 e. The molecule has 2 aliphatic rings. The Morgan fingerprint density at radius 2 is 0.644 bits per heavy atom. The Balaban J connectivity index is 1.64. The molecule has 2 amide bonds. The van der Waals surface area contributed by atoms with Crippen molar-refractivity contribution in [3.63, 3.8) is 0 Å². The number of benzene rings is 4. The Kier molecular flexibility index (Phi) is 23.1. The van der Waals surface area contributed by atoms with E-state index in [4.69, 9.17) is 33.2 Å². The molecule has 1 aliphatic heterocycles. The third-order valence-corrected chi connectivity index (χ3v) is 17.1. The number of halogens is 6. The number of hydrogen-bond acceptors (Lipinski definition) is 13. The van der Waals surface area contributed by atoms with Crippen LogP contribution in [0.5, 0.6) is 23.0 Å². The molecule has 0 atom stereocenters. The number of carbonyl (C=O) groups is 2. The Morgan fingerprint density at radius 3 is 0.908 bits per heavy atom. The van der Waals surface area contributed by atoms with Gasteiger partial charge in [0.15, 0.2) is 0 Å². The zero-order valence-corrected chi connectivity index (χ0v) is 53.8. The lowest BCUT2D eigenvalue weighted by atomic mass is 9.79. The van der Waals surface area contributed by atoms with Crippen molar-refractivity contribution in [1.29, 1.82) is 0 Å². The maximum atomic E-state index is 13.2. The fraction of sp³-hybridized carbons (Fsp3) is 0.594. The summed E-state index contributed by atoms with van der Waals surface area (Å²) < 4.78 is 174. The van der Waals surface area contributed by atoms with Crippen LogP contribution in [0.25, 0.3) is 0 Å². The summed E-state index contributed by atoms with van der Waals surface area (Å²) in [7, 11) is -11.8. The molecule has 0 radical (unpaired) electrons. The molecular weight excluding hydrogens is 1180 g/mol. The zero-order chi connectivity index (χ0) is 64.6. The first-order valence-electron chi connectivity index (χ1n) is 29.4. The van der Waals surface area contributed by atoms with E-state index in [0.29, 0.717) is 55.8 Å². The van der Waals surface area contributed by atoms with Crippen LogP contribution in [0.3, 0.4) is 0 Å². The zero-order valence-electron chi connectivity index (χ0n) is 52.2. The highest BCUT2D eigenvalue weighted by Crippen LogP contribution is 2.45. The van der Waals surface area contributed by atoms with Crippen molar-refractivity contribution < 1.29 is 85.9 Å². The number of unbranched alkanes of at least 4 members (excludes halogenated alkanes) is 2. The van der Waals surface area contributed by atoms with Gasteiger partial charge < -0.3 is 33.2 Å². The van der Waals surface area contributed by atoms with E-state index in [2.05, 4.69) is 132 Å². The van der Waals surface area contributed by atoms with Crippen LogP contribution in [0.2, 0.25) is 0 Å². The quantitative estimate of drug-likeness (QED) is 0.0789. The van der Waals surface area contributed by atoms with E-state index in [0.717, 1.165) is 76.2 Å². The standard InChI is InChI=1S/C64H86F6N2O13S2/c1-59(2,3)49-33-41-29-42-34-50(60(4,5)6)36-44(56(42)83-20-16-14-18-54(74)72-87(77,78)64(68,69)70)31-46-38-52(62(10,11)12)40-48-32-47-39-51(61(7,8)9)37-45(57(47)84-27-25-80-23-21-79-22-24-81-26-28-85-58(46)48)30-43(35-49)55(41)82-19-15-13-17-53(73)71-86(75,76)63(65,66)67/h33-40H,13-32H2,1-12H3,(H,71,73)(H,72,74). The van der Waals surface area contributed by atoms with Crippen LogP contribution in [-0.2, 0) is 91.2 Å². The fourth-order valence-electron chi connectivity index (χ4n) is 9.95. The van der Waals surface area contributed by atoms with Crippen molar-refractivity contribution in [2.75, 3.05) is 66.1 Å². The molecule has 0 unspecified atom stereocenters. The average Bonchev–Trinajstić information content (AvgIpc) is 0.873. The van der Waals surface area contributed by atoms with E-state index in [1.54, 1.807) is 0 Å². The van der Waals surface area contributed by atoms with Crippen molar-refractivity contribution in [1.82, 2.24) is 9.44 Å². The van der Waals surface area contributed by atoms with Gasteiger partial charge in [0.05, 0.1) is 52.9 Å². The van der Waals surface area contributed by atoms with E-state index in [-0.39, 0.29) is 95.4 Å². The summed E-state index contributed by atoms with van der Waals surface area (Å²) >= 11 is 0. The highest BCUT2D eigenvalue weighted by Gasteiger charge is 2.48. The topological polar surface area (TPSA) is 191 Å². The number of carbonyl (C=O) groups excluding carboxylic acids is 2.